The van der Waals surface area contributed by atoms with Crippen LogP contribution in [0, 0.1) is 10.1 Å². The van der Waals surface area contributed by atoms with E-state index in [4.69, 9.17) is 5.73 Å². The van der Waals surface area contributed by atoms with Crippen LogP contribution in [0.25, 0.3) is 0 Å². The number of nitro groups is 1. The SMILES string of the molecule is CCCn1cncc1Cn1ncc([N+](=O)[O-])c1N. The number of aryl methyl sites for hydroxylation is 1. The van der Waals surface area contributed by atoms with Crippen molar-refractivity contribution in [1.82, 2.24) is 19.3 Å². The first kappa shape index (κ1) is 12.1. The number of hydrogen-bond donors (Lipinski definition) is 1. The maximum absolute atomic E-state index is 10.7. The van der Waals surface area contributed by atoms with E-state index in [1.807, 2.05) is 4.57 Å². The van der Waals surface area contributed by atoms with Crippen LogP contribution >= 0.6 is 0 Å². The van der Waals surface area contributed by atoms with Crippen LogP contribution in [0.1, 0.15) is 19.0 Å². The van der Waals surface area contributed by atoms with Crippen molar-refractivity contribution in [3.63, 3.8) is 0 Å². The Labute approximate surface area is 103 Å². The third-order valence-corrected chi connectivity index (χ3v) is 2.63. The van der Waals surface area contributed by atoms with Gasteiger partial charge in [0, 0.05) is 6.54 Å². The Hall–Kier alpha value is -2.38. The van der Waals surface area contributed by atoms with E-state index in [-0.39, 0.29) is 11.5 Å². The third-order valence-electron chi connectivity index (χ3n) is 2.63. The summed E-state index contributed by atoms with van der Waals surface area (Å²) in [7, 11) is 0. The van der Waals surface area contributed by atoms with Crippen LogP contribution in [-0.4, -0.2) is 24.3 Å². The van der Waals surface area contributed by atoms with E-state index >= 15 is 0 Å². The van der Waals surface area contributed by atoms with Crippen molar-refractivity contribution in [1.29, 1.82) is 0 Å². The van der Waals surface area contributed by atoms with E-state index in [1.165, 1.54) is 4.68 Å². The van der Waals surface area contributed by atoms with E-state index in [0.29, 0.717) is 6.54 Å². The maximum Gasteiger partial charge on any atom is 0.330 e. The molecular formula is C10H14N6O2. The van der Waals surface area contributed by atoms with Gasteiger partial charge in [-0.25, -0.2) is 9.67 Å². The first-order valence-electron chi connectivity index (χ1n) is 5.58. The summed E-state index contributed by atoms with van der Waals surface area (Å²) >= 11 is 0. The second kappa shape index (κ2) is 4.86. The van der Waals surface area contributed by atoms with Gasteiger partial charge in [0.1, 0.15) is 6.20 Å². The van der Waals surface area contributed by atoms with Gasteiger partial charge in [-0.15, -0.1) is 0 Å². The summed E-state index contributed by atoms with van der Waals surface area (Å²) in [4.78, 5) is 14.2. The fourth-order valence-corrected chi connectivity index (χ4v) is 1.73. The van der Waals surface area contributed by atoms with Crippen molar-refractivity contribution < 1.29 is 4.92 Å². The van der Waals surface area contributed by atoms with Gasteiger partial charge in [-0.05, 0) is 6.42 Å². The molecule has 0 aromatic carbocycles. The molecule has 8 heteroatoms. The molecule has 0 amide bonds. The van der Waals surface area contributed by atoms with Crippen LogP contribution in [-0.2, 0) is 13.1 Å². The molecular weight excluding hydrogens is 236 g/mol. The van der Waals surface area contributed by atoms with Gasteiger partial charge >= 0.3 is 5.69 Å². The number of nitrogen functional groups attached to an aromatic ring is 1. The van der Waals surface area contributed by atoms with Gasteiger partial charge in [-0.2, -0.15) is 5.10 Å². The summed E-state index contributed by atoms with van der Waals surface area (Å²) in [6.45, 7) is 3.29. The minimum absolute atomic E-state index is 0.0595. The zero-order chi connectivity index (χ0) is 13.1. The smallest absolute Gasteiger partial charge is 0.330 e. The van der Waals surface area contributed by atoms with Gasteiger partial charge in [0.15, 0.2) is 0 Å². The Morgan fingerprint density at radius 1 is 1.50 bits per heavy atom. The highest BCUT2D eigenvalue weighted by molar-refractivity contribution is 5.51. The molecule has 2 aromatic rings. The molecule has 2 aromatic heterocycles. The van der Waals surface area contributed by atoms with Gasteiger partial charge < -0.3 is 10.3 Å². The Balaban J connectivity index is 2.23. The number of aromatic nitrogens is 4. The lowest BCUT2D eigenvalue weighted by Crippen LogP contribution is -2.10. The first-order valence-corrected chi connectivity index (χ1v) is 5.58. The third kappa shape index (κ3) is 2.17. The molecule has 0 saturated heterocycles. The molecule has 2 heterocycles. The molecule has 0 bridgehead atoms. The number of hydrogen-bond acceptors (Lipinski definition) is 5. The van der Waals surface area contributed by atoms with E-state index in [9.17, 15) is 10.1 Å². The molecule has 0 radical (unpaired) electrons. The summed E-state index contributed by atoms with van der Waals surface area (Å²) in [6.07, 6.45) is 5.59. The first-order chi connectivity index (χ1) is 8.63. The minimum atomic E-state index is -0.540. The van der Waals surface area contributed by atoms with E-state index in [0.717, 1.165) is 24.9 Å². The van der Waals surface area contributed by atoms with Crippen molar-refractivity contribution in [3.8, 4) is 0 Å². The van der Waals surface area contributed by atoms with Gasteiger partial charge in [-0.3, -0.25) is 10.1 Å². The van der Waals surface area contributed by atoms with E-state index in [1.54, 1.807) is 12.5 Å². The highest BCUT2D eigenvalue weighted by atomic mass is 16.6. The predicted molar refractivity (Wildman–Crippen MR) is 64.9 cm³/mol. The number of rotatable bonds is 5. The van der Waals surface area contributed by atoms with E-state index < -0.39 is 4.92 Å². The topological polar surface area (TPSA) is 105 Å². The van der Waals surface area contributed by atoms with Crippen LogP contribution in [0.15, 0.2) is 18.7 Å². The minimum Gasteiger partial charge on any atom is -0.378 e. The molecule has 96 valence electrons. The molecule has 0 aliphatic carbocycles. The monoisotopic (exact) mass is 250 g/mol. The summed E-state index contributed by atoms with van der Waals surface area (Å²) < 4.78 is 3.38. The Bertz CT molecular complexity index is 558. The molecule has 18 heavy (non-hydrogen) atoms. The van der Waals surface area contributed by atoms with Gasteiger partial charge in [-0.1, -0.05) is 6.92 Å². The number of imidazole rings is 1. The van der Waals surface area contributed by atoms with Crippen LogP contribution < -0.4 is 5.73 Å². The molecule has 0 aliphatic heterocycles. The summed E-state index contributed by atoms with van der Waals surface area (Å²) in [5.74, 6) is 0.0595. The largest absolute Gasteiger partial charge is 0.378 e. The highest BCUT2D eigenvalue weighted by Gasteiger charge is 2.18. The summed E-state index contributed by atoms with van der Waals surface area (Å²) in [6, 6.07) is 0. The molecule has 8 nitrogen and oxygen atoms in total. The molecule has 0 spiro atoms. The van der Waals surface area contributed by atoms with Crippen molar-refractivity contribution in [2.45, 2.75) is 26.4 Å². The average molecular weight is 250 g/mol. The van der Waals surface area contributed by atoms with Crippen LogP contribution in [0.3, 0.4) is 0 Å². The van der Waals surface area contributed by atoms with Crippen molar-refractivity contribution >= 4 is 11.5 Å². The van der Waals surface area contributed by atoms with Crippen LogP contribution in [0.4, 0.5) is 11.5 Å². The second-order valence-corrected chi connectivity index (χ2v) is 3.91. The van der Waals surface area contributed by atoms with Crippen molar-refractivity contribution in [3.05, 3.63) is 34.5 Å². The summed E-state index contributed by atoms with van der Waals surface area (Å²) in [5, 5.41) is 14.6. The molecule has 0 atom stereocenters. The molecule has 2 N–H and O–H groups in total. The standard InChI is InChI=1S/C10H14N6O2/c1-2-3-14-7-12-4-8(14)6-15-10(11)9(5-13-15)16(17)18/h4-5,7H,2-3,6,11H2,1H3. The number of nitrogens with zero attached hydrogens (tertiary/aromatic N) is 5. The highest BCUT2D eigenvalue weighted by Crippen LogP contribution is 2.20. The maximum atomic E-state index is 10.7. The van der Waals surface area contributed by atoms with Gasteiger partial charge in [0.25, 0.3) is 0 Å². The zero-order valence-corrected chi connectivity index (χ0v) is 9.98. The second-order valence-electron chi connectivity index (χ2n) is 3.91. The lowest BCUT2D eigenvalue weighted by Gasteiger charge is -2.07. The Kier molecular flexibility index (Phi) is 3.26. The van der Waals surface area contributed by atoms with Crippen molar-refractivity contribution in [2.75, 3.05) is 5.73 Å². The molecule has 0 aliphatic rings. The Morgan fingerprint density at radius 2 is 2.28 bits per heavy atom. The lowest BCUT2D eigenvalue weighted by molar-refractivity contribution is -0.384. The summed E-state index contributed by atoms with van der Waals surface area (Å²) in [5.41, 5.74) is 6.42. The molecule has 2 rings (SSSR count). The van der Waals surface area contributed by atoms with Crippen LogP contribution in [0.2, 0.25) is 0 Å². The zero-order valence-electron chi connectivity index (χ0n) is 9.98. The van der Waals surface area contributed by atoms with Crippen molar-refractivity contribution in [2.24, 2.45) is 0 Å². The van der Waals surface area contributed by atoms with E-state index in [2.05, 4.69) is 17.0 Å². The van der Waals surface area contributed by atoms with Gasteiger partial charge in [0.2, 0.25) is 5.82 Å². The normalized spacial score (nSPS) is 10.7. The molecule has 0 saturated carbocycles. The van der Waals surface area contributed by atoms with Crippen LogP contribution in [0.5, 0.6) is 0 Å². The number of anilines is 1. The predicted octanol–water partition coefficient (Wildman–Crippen LogP) is 1.03. The Morgan fingerprint density at radius 3 is 2.89 bits per heavy atom. The van der Waals surface area contributed by atoms with Gasteiger partial charge in [0.05, 0.1) is 29.7 Å². The fraction of sp³-hybridized carbons (Fsp3) is 0.400. The average Bonchev–Trinajstić information content (AvgIpc) is 2.89. The fourth-order valence-electron chi connectivity index (χ4n) is 1.73. The number of nitrogens with two attached hydrogens (primary N) is 1. The molecule has 0 fully saturated rings. The molecule has 0 unspecified atom stereocenters. The quantitative estimate of drug-likeness (QED) is 0.630. The lowest BCUT2D eigenvalue weighted by atomic mass is 10.4.